The Kier molecular flexibility index (Phi) is 7.04. The number of hydrogen-bond acceptors (Lipinski definition) is 6. The first kappa shape index (κ1) is 21.6. The van der Waals surface area contributed by atoms with Crippen molar-refractivity contribution >= 4 is 34.5 Å². The number of morpholine rings is 1. The molecule has 2 atom stereocenters. The Morgan fingerprint density at radius 2 is 1.68 bits per heavy atom. The van der Waals surface area contributed by atoms with Gasteiger partial charge in [0.15, 0.2) is 5.82 Å². The summed E-state index contributed by atoms with van der Waals surface area (Å²) in [6.07, 6.45) is 1.06. The number of carbonyl (C=O) groups is 1. The van der Waals surface area contributed by atoms with Gasteiger partial charge in [-0.3, -0.25) is 4.79 Å². The minimum atomic E-state index is 0.00514. The van der Waals surface area contributed by atoms with Crippen LogP contribution in [0.25, 0.3) is 11.0 Å². The Labute approximate surface area is 187 Å². The molecular weight excluding hydrogens is 408 g/mol. The number of thioether (sulfide) groups is 1. The number of rotatable bonds is 7. The van der Waals surface area contributed by atoms with Gasteiger partial charge in [-0.1, -0.05) is 54.2 Å². The second-order valence-corrected chi connectivity index (χ2v) is 8.84. The molecule has 162 valence electrons. The maximum atomic E-state index is 12.4. The van der Waals surface area contributed by atoms with Crippen LogP contribution in [0, 0.1) is 0 Å². The number of benzene rings is 2. The molecule has 3 aromatic rings. The van der Waals surface area contributed by atoms with Crippen molar-refractivity contribution in [2.75, 3.05) is 30.3 Å². The largest absolute Gasteiger partial charge is 0.372 e. The van der Waals surface area contributed by atoms with E-state index >= 15 is 0 Å². The first-order chi connectivity index (χ1) is 15.1. The van der Waals surface area contributed by atoms with Crippen molar-refractivity contribution in [3.05, 3.63) is 60.2 Å². The second kappa shape index (κ2) is 10.1. The van der Waals surface area contributed by atoms with E-state index in [9.17, 15) is 4.79 Å². The molecule has 0 bridgehead atoms. The van der Waals surface area contributed by atoms with Crippen molar-refractivity contribution in [3.63, 3.8) is 0 Å². The number of aromatic nitrogens is 2. The van der Waals surface area contributed by atoms with E-state index < -0.39 is 0 Å². The molecule has 31 heavy (non-hydrogen) atoms. The van der Waals surface area contributed by atoms with Gasteiger partial charge in [-0.05, 0) is 38.0 Å². The lowest BCUT2D eigenvalue weighted by molar-refractivity contribution is -0.118. The van der Waals surface area contributed by atoms with Gasteiger partial charge in [0, 0.05) is 19.6 Å². The van der Waals surface area contributed by atoms with E-state index in [-0.39, 0.29) is 18.1 Å². The third-order valence-electron chi connectivity index (χ3n) is 5.16. The predicted molar refractivity (Wildman–Crippen MR) is 126 cm³/mol. The molecule has 0 unspecified atom stereocenters. The highest BCUT2D eigenvalue weighted by Crippen LogP contribution is 2.30. The summed E-state index contributed by atoms with van der Waals surface area (Å²) >= 11 is 1.44. The highest BCUT2D eigenvalue weighted by Gasteiger charge is 2.26. The smallest absolute Gasteiger partial charge is 0.230 e. The summed E-state index contributed by atoms with van der Waals surface area (Å²) in [5, 5.41) is 3.80. The first-order valence-electron chi connectivity index (χ1n) is 10.7. The maximum Gasteiger partial charge on any atom is 0.230 e. The van der Waals surface area contributed by atoms with Gasteiger partial charge in [-0.2, -0.15) is 0 Å². The number of amides is 1. The zero-order valence-corrected chi connectivity index (χ0v) is 18.8. The van der Waals surface area contributed by atoms with Crippen LogP contribution in [0.1, 0.15) is 19.4 Å². The molecule has 1 aliphatic rings. The first-order valence-corrected chi connectivity index (χ1v) is 11.7. The van der Waals surface area contributed by atoms with Gasteiger partial charge in [0.05, 0.1) is 29.0 Å². The van der Waals surface area contributed by atoms with Crippen LogP contribution in [0.3, 0.4) is 0 Å². The lowest BCUT2D eigenvalue weighted by atomic mass is 10.1. The van der Waals surface area contributed by atoms with Crippen LogP contribution in [0.15, 0.2) is 59.6 Å². The van der Waals surface area contributed by atoms with E-state index in [1.807, 2.05) is 42.5 Å². The summed E-state index contributed by atoms with van der Waals surface area (Å²) in [7, 11) is 0. The molecule has 1 amide bonds. The molecule has 1 saturated heterocycles. The molecule has 7 heteroatoms. The molecule has 1 fully saturated rings. The minimum Gasteiger partial charge on any atom is -0.372 e. The van der Waals surface area contributed by atoms with Crippen LogP contribution in [-0.4, -0.2) is 53.5 Å². The zero-order chi connectivity index (χ0) is 21.6. The molecule has 0 aliphatic carbocycles. The van der Waals surface area contributed by atoms with Crippen LogP contribution < -0.4 is 10.2 Å². The number of anilines is 1. The standard InChI is InChI=1S/C24H28N4O2S/c1-17-14-28(15-18(2)30-17)23-24(27-21-11-7-6-10-20(21)26-23)31-16-22(29)25-13-12-19-8-4-3-5-9-19/h3-11,17-18H,12-16H2,1-2H3,(H,25,29)/t17-,18-/m0/s1. The van der Waals surface area contributed by atoms with Gasteiger partial charge >= 0.3 is 0 Å². The average molecular weight is 437 g/mol. The van der Waals surface area contributed by atoms with Crippen LogP contribution in [0.5, 0.6) is 0 Å². The van der Waals surface area contributed by atoms with E-state index in [1.165, 1.54) is 17.3 Å². The number of para-hydroxylation sites is 2. The van der Waals surface area contributed by atoms with Crippen molar-refractivity contribution in [2.24, 2.45) is 0 Å². The average Bonchev–Trinajstić information content (AvgIpc) is 2.77. The molecule has 0 radical (unpaired) electrons. The summed E-state index contributed by atoms with van der Waals surface area (Å²) in [6.45, 7) is 6.29. The van der Waals surface area contributed by atoms with Gasteiger partial charge in [-0.25, -0.2) is 9.97 Å². The van der Waals surface area contributed by atoms with Crippen molar-refractivity contribution < 1.29 is 9.53 Å². The molecule has 4 rings (SSSR count). The van der Waals surface area contributed by atoms with Crippen LogP contribution in [-0.2, 0) is 16.0 Å². The quantitative estimate of drug-likeness (QED) is 0.570. The fourth-order valence-electron chi connectivity index (χ4n) is 3.80. The van der Waals surface area contributed by atoms with E-state index in [0.717, 1.165) is 41.4 Å². The second-order valence-electron chi connectivity index (χ2n) is 7.88. The number of fused-ring (bicyclic) bond motifs is 1. The van der Waals surface area contributed by atoms with Gasteiger partial charge in [-0.15, -0.1) is 0 Å². The molecular formula is C24H28N4O2S. The molecule has 1 aromatic heterocycles. The Balaban J connectivity index is 1.44. The van der Waals surface area contributed by atoms with E-state index in [0.29, 0.717) is 12.3 Å². The van der Waals surface area contributed by atoms with E-state index in [1.54, 1.807) is 0 Å². The number of nitrogens with one attached hydrogen (secondary N) is 1. The predicted octanol–water partition coefficient (Wildman–Crippen LogP) is 3.69. The van der Waals surface area contributed by atoms with Crippen molar-refractivity contribution in [1.82, 2.24) is 15.3 Å². The molecule has 0 saturated carbocycles. The summed E-state index contributed by atoms with van der Waals surface area (Å²) in [6, 6.07) is 18.0. The normalized spacial score (nSPS) is 18.8. The van der Waals surface area contributed by atoms with Gasteiger partial charge < -0.3 is 15.0 Å². The summed E-state index contributed by atoms with van der Waals surface area (Å²) in [5.41, 5.74) is 2.92. The van der Waals surface area contributed by atoms with Gasteiger partial charge in [0.25, 0.3) is 0 Å². The third kappa shape index (κ3) is 5.74. The number of ether oxygens (including phenoxy) is 1. The topological polar surface area (TPSA) is 67.4 Å². The maximum absolute atomic E-state index is 12.4. The molecule has 6 nitrogen and oxygen atoms in total. The van der Waals surface area contributed by atoms with E-state index in [4.69, 9.17) is 14.7 Å². The van der Waals surface area contributed by atoms with E-state index in [2.05, 4.69) is 36.2 Å². The molecule has 1 aliphatic heterocycles. The Hall–Kier alpha value is -2.64. The van der Waals surface area contributed by atoms with Crippen LogP contribution in [0.2, 0.25) is 0 Å². The molecule has 1 N–H and O–H groups in total. The summed E-state index contributed by atoms with van der Waals surface area (Å²) in [4.78, 5) is 24.4. The number of hydrogen-bond donors (Lipinski definition) is 1. The third-order valence-corrected chi connectivity index (χ3v) is 6.11. The zero-order valence-electron chi connectivity index (χ0n) is 18.0. The lowest BCUT2D eigenvalue weighted by Gasteiger charge is -2.36. The lowest BCUT2D eigenvalue weighted by Crippen LogP contribution is -2.46. The minimum absolute atomic E-state index is 0.00514. The number of carbonyl (C=O) groups excluding carboxylic acids is 1. The van der Waals surface area contributed by atoms with Crippen LogP contribution >= 0.6 is 11.8 Å². The van der Waals surface area contributed by atoms with Crippen molar-refractivity contribution in [3.8, 4) is 0 Å². The Bertz CT molecular complexity index is 1020. The highest BCUT2D eigenvalue weighted by atomic mass is 32.2. The SMILES string of the molecule is C[C@H]1CN(c2nc3ccccc3nc2SCC(=O)NCCc2ccccc2)C[C@H](C)O1. The summed E-state index contributed by atoms with van der Waals surface area (Å²) in [5.74, 6) is 1.15. The fourth-order valence-corrected chi connectivity index (χ4v) is 4.64. The summed E-state index contributed by atoms with van der Waals surface area (Å²) < 4.78 is 5.88. The molecule has 2 heterocycles. The molecule has 2 aromatic carbocycles. The Morgan fingerprint density at radius 1 is 1.03 bits per heavy atom. The number of nitrogens with zero attached hydrogens (tertiary/aromatic N) is 3. The van der Waals surface area contributed by atoms with Crippen molar-refractivity contribution in [2.45, 2.75) is 37.5 Å². The van der Waals surface area contributed by atoms with Crippen molar-refractivity contribution in [1.29, 1.82) is 0 Å². The van der Waals surface area contributed by atoms with Gasteiger partial charge in [0.1, 0.15) is 5.03 Å². The Morgan fingerprint density at radius 3 is 2.39 bits per heavy atom. The van der Waals surface area contributed by atoms with Crippen LogP contribution in [0.4, 0.5) is 5.82 Å². The monoisotopic (exact) mass is 436 g/mol. The molecule has 0 spiro atoms. The highest BCUT2D eigenvalue weighted by molar-refractivity contribution is 8.00. The van der Waals surface area contributed by atoms with Gasteiger partial charge in [0.2, 0.25) is 5.91 Å². The fraction of sp³-hybridized carbons (Fsp3) is 0.375.